The van der Waals surface area contributed by atoms with E-state index in [4.69, 9.17) is 10.5 Å². The van der Waals surface area contributed by atoms with Crippen molar-refractivity contribution in [3.05, 3.63) is 23.8 Å². The molecular formula is C15H23N3O3S. The lowest BCUT2D eigenvalue weighted by Crippen LogP contribution is -2.36. The molecule has 22 heavy (non-hydrogen) atoms. The van der Waals surface area contributed by atoms with Gasteiger partial charge in [0.2, 0.25) is 5.91 Å². The van der Waals surface area contributed by atoms with E-state index in [-0.39, 0.29) is 11.8 Å². The molecular weight excluding hydrogens is 302 g/mol. The molecule has 1 aromatic carbocycles. The molecule has 2 amide bonds. The number of amides is 2. The quantitative estimate of drug-likeness (QED) is 0.792. The van der Waals surface area contributed by atoms with Crippen molar-refractivity contribution in [2.45, 2.75) is 12.5 Å². The lowest BCUT2D eigenvalue weighted by atomic mass is 10.1. The van der Waals surface area contributed by atoms with Gasteiger partial charge in [-0.15, -0.1) is 0 Å². The van der Waals surface area contributed by atoms with Crippen LogP contribution in [-0.4, -0.2) is 56.0 Å². The molecule has 6 nitrogen and oxygen atoms in total. The number of ether oxygens (including phenoxy) is 1. The minimum atomic E-state index is -0.567. The van der Waals surface area contributed by atoms with Crippen LogP contribution in [0.3, 0.4) is 0 Å². The molecule has 3 N–H and O–H groups in total. The number of anilines is 1. The maximum absolute atomic E-state index is 12.1. The SMILES string of the molecule is COc1ccc(NC(=O)[C@@H](N)CCSC)cc1C(=O)N(C)C. The van der Waals surface area contributed by atoms with Crippen LogP contribution in [-0.2, 0) is 4.79 Å². The summed E-state index contributed by atoms with van der Waals surface area (Å²) in [5.74, 6) is 0.826. The zero-order chi connectivity index (χ0) is 16.7. The Kier molecular flexibility index (Phi) is 7.20. The third-order valence-electron chi connectivity index (χ3n) is 3.07. The van der Waals surface area contributed by atoms with E-state index in [1.165, 1.54) is 12.0 Å². The van der Waals surface area contributed by atoms with Gasteiger partial charge in [-0.25, -0.2) is 0 Å². The molecule has 0 unspecified atom stereocenters. The van der Waals surface area contributed by atoms with E-state index in [0.29, 0.717) is 23.4 Å². The Hall–Kier alpha value is -1.73. The number of nitrogens with one attached hydrogen (secondary N) is 1. The first-order valence-electron chi connectivity index (χ1n) is 6.85. The van der Waals surface area contributed by atoms with Crippen molar-refractivity contribution in [1.29, 1.82) is 0 Å². The Labute approximate surface area is 135 Å². The van der Waals surface area contributed by atoms with Gasteiger partial charge in [0.1, 0.15) is 5.75 Å². The number of rotatable bonds is 7. The van der Waals surface area contributed by atoms with E-state index in [0.717, 1.165) is 5.75 Å². The number of nitrogens with two attached hydrogens (primary N) is 1. The smallest absolute Gasteiger partial charge is 0.257 e. The number of nitrogens with zero attached hydrogens (tertiary/aromatic N) is 1. The summed E-state index contributed by atoms with van der Waals surface area (Å²) in [5, 5.41) is 2.74. The molecule has 1 rings (SSSR count). The van der Waals surface area contributed by atoms with E-state index in [1.807, 2.05) is 6.26 Å². The minimum absolute atomic E-state index is 0.195. The fourth-order valence-corrected chi connectivity index (χ4v) is 2.29. The van der Waals surface area contributed by atoms with Crippen molar-refractivity contribution in [3.8, 4) is 5.75 Å². The molecule has 0 aliphatic carbocycles. The molecule has 122 valence electrons. The van der Waals surface area contributed by atoms with E-state index in [9.17, 15) is 9.59 Å². The highest BCUT2D eigenvalue weighted by molar-refractivity contribution is 7.98. The Bertz CT molecular complexity index is 535. The molecule has 7 heteroatoms. The monoisotopic (exact) mass is 325 g/mol. The summed E-state index contributed by atoms with van der Waals surface area (Å²) < 4.78 is 5.19. The van der Waals surface area contributed by atoms with E-state index >= 15 is 0 Å². The number of benzene rings is 1. The van der Waals surface area contributed by atoms with Gasteiger partial charge in [-0.3, -0.25) is 9.59 Å². The zero-order valence-corrected chi connectivity index (χ0v) is 14.2. The van der Waals surface area contributed by atoms with Crippen LogP contribution in [0.25, 0.3) is 0 Å². The summed E-state index contributed by atoms with van der Waals surface area (Å²) in [6.45, 7) is 0. The van der Waals surface area contributed by atoms with Crippen LogP contribution in [0, 0.1) is 0 Å². The molecule has 0 radical (unpaired) electrons. The first-order chi connectivity index (χ1) is 10.4. The van der Waals surface area contributed by atoms with Crippen molar-refractivity contribution in [3.63, 3.8) is 0 Å². The second-order valence-corrected chi connectivity index (χ2v) is 5.98. The van der Waals surface area contributed by atoms with Crippen LogP contribution < -0.4 is 15.8 Å². The van der Waals surface area contributed by atoms with Crippen LogP contribution in [0.4, 0.5) is 5.69 Å². The van der Waals surface area contributed by atoms with Gasteiger partial charge in [0.15, 0.2) is 0 Å². The first kappa shape index (κ1) is 18.3. The summed E-state index contributed by atoms with van der Waals surface area (Å²) >= 11 is 1.64. The molecule has 0 bridgehead atoms. The van der Waals surface area contributed by atoms with Crippen LogP contribution in [0.2, 0.25) is 0 Å². The third-order valence-corrected chi connectivity index (χ3v) is 3.72. The molecule has 0 heterocycles. The average Bonchev–Trinajstić information content (AvgIpc) is 2.51. The number of methoxy groups -OCH3 is 1. The summed E-state index contributed by atoms with van der Waals surface area (Å²) in [6.07, 6.45) is 2.57. The highest BCUT2D eigenvalue weighted by Crippen LogP contribution is 2.23. The molecule has 0 spiro atoms. The zero-order valence-electron chi connectivity index (χ0n) is 13.4. The van der Waals surface area contributed by atoms with Gasteiger partial charge in [0, 0.05) is 19.8 Å². The summed E-state index contributed by atoms with van der Waals surface area (Å²) in [6, 6.07) is 4.37. The largest absolute Gasteiger partial charge is 0.496 e. The van der Waals surface area contributed by atoms with Gasteiger partial charge in [0.05, 0.1) is 18.7 Å². The number of carbonyl (C=O) groups is 2. The van der Waals surface area contributed by atoms with E-state index in [2.05, 4.69) is 5.32 Å². The molecule has 1 aromatic rings. The van der Waals surface area contributed by atoms with Crippen LogP contribution >= 0.6 is 11.8 Å². The summed E-state index contributed by atoms with van der Waals surface area (Å²) in [4.78, 5) is 25.6. The number of hydrogen-bond acceptors (Lipinski definition) is 5. The molecule has 0 aromatic heterocycles. The Morgan fingerprint density at radius 1 is 1.41 bits per heavy atom. The number of thioether (sulfide) groups is 1. The third kappa shape index (κ3) is 4.92. The fraction of sp³-hybridized carbons (Fsp3) is 0.467. The normalized spacial score (nSPS) is 11.7. The van der Waals surface area contributed by atoms with Gasteiger partial charge >= 0.3 is 0 Å². The highest BCUT2D eigenvalue weighted by Gasteiger charge is 2.17. The minimum Gasteiger partial charge on any atom is -0.496 e. The standard InChI is InChI=1S/C15H23N3O3S/c1-18(2)15(20)11-9-10(5-6-13(11)21-3)17-14(19)12(16)7-8-22-4/h5-6,9,12H,7-8,16H2,1-4H3,(H,17,19)/t12-/m0/s1. The predicted octanol–water partition coefficient (Wildman–Crippen LogP) is 1.42. The highest BCUT2D eigenvalue weighted by atomic mass is 32.2. The first-order valence-corrected chi connectivity index (χ1v) is 8.25. The lowest BCUT2D eigenvalue weighted by molar-refractivity contribution is -0.117. The Balaban J connectivity index is 2.90. The van der Waals surface area contributed by atoms with E-state index in [1.54, 1.807) is 44.1 Å². The molecule has 0 aliphatic rings. The topological polar surface area (TPSA) is 84.7 Å². The molecule has 0 saturated carbocycles. The van der Waals surface area contributed by atoms with Crippen molar-refractivity contribution in [2.24, 2.45) is 5.73 Å². The van der Waals surface area contributed by atoms with Crippen LogP contribution in [0.5, 0.6) is 5.75 Å². The molecule has 0 saturated heterocycles. The fourth-order valence-electron chi connectivity index (χ4n) is 1.80. The maximum Gasteiger partial charge on any atom is 0.257 e. The van der Waals surface area contributed by atoms with Gasteiger partial charge < -0.3 is 20.7 Å². The Morgan fingerprint density at radius 2 is 2.09 bits per heavy atom. The van der Waals surface area contributed by atoms with Gasteiger partial charge in [-0.1, -0.05) is 0 Å². The van der Waals surface area contributed by atoms with Gasteiger partial charge in [-0.2, -0.15) is 11.8 Å². The molecule has 0 aliphatic heterocycles. The number of carbonyl (C=O) groups excluding carboxylic acids is 2. The van der Waals surface area contributed by atoms with E-state index < -0.39 is 6.04 Å². The van der Waals surface area contributed by atoms with Crippen molar-refractivity contribution >= 4 is 29.3 Å². The van der Waals surface area contributed by atoms with Crippen molar-refractivity contribution < 1.29 is 14.3 Å². The predicted molar refractivity (Wildman–Crippen MR) is 90.6 cm³/mol. The Morgan fingerprint density at radius 3 is 2.64 bits per heavy atom. The molecule has 1 atom stereocenters. The van der Waals surface area contributed by atoms with Gasteiger partial charge in [-0.05, 0) is 36.6 Å². The summed E-state index contributed by atoms with van der Waals surface area (Å²) in [7, 11) is 4.81. The van der Waals surface area contributed by atoms with Crippen LogP contribution in [0.1, 0.15) is 16.8 Å². The lowest BCUT2D eigenvalue weighted by Gasteiger charge is -2.16. The van der Waals surface area contributed by atoms with Crippen molar-refractivity contribution in [1.82, 2.24) is 4.90 Å². The molecule has 0 fully saturated rings. The van der Waals surface area contributed by atoms with Crippen molar-refractivity contribution in [2.75, 3.05) is 38.5 Å². The second-order valence-electron chi connectivity index (χ2n) is 4.99. The average molecular weight is 325 g/mol. The number of hydrogen-bond donors (Lipinski definition) is 2. The maximum atomic E-state index is 12.1. The second kappa shape index (κ2) is 8.65. The summed E-state index contributed by atoms with van der Waals surface area (Å²) in [5.41, 5.74) is 6.74. The van der Waals surface area contributed by atoms with Gasteiger partial charge in [0.25, 0.3) is 5.91 Å². The van der Waals surface area contributed by atoms with Crippen LogP contribution in [0.15, 0.2) is 18.2 Å².